The number of rotatable bonds is 2. The average molecular weight is 375 g/mol. The van der Waals surface area contributed by atoms with Crippen molar-refractivity contribution < 1.29 is 22.4 Å². The highest BCUT2D eigenvalue weighted by atomic mass is 19.4. The van der Waals surface area contributed by atoms with Crippen LogP contribution in [0.4, 0.5) is 17.6 Å². The summed E-state index contributed by atoms with van der Waals surface area (Å²) in [5.41, 5.74) is 1.28. The van der Waals surface area contributed by atoms with E-state index in [9.17, 15) is 22.4 Å². The number of halogens is 4. The molecule has 1 aromatic heterocycles. The Morgan fingerprint density at radius 3 is 2.48 bits per heavy atom. The summed E-state index contributed by atoms with van der Waals surface area (Å²) in [7, 11) is 0. The molecule has 2 aromatic carbocycles. The minimum Gasteiger partial charge on any atom is -0.340 e. The molecule has 8 heteroatoms. The molecule has 1 amide bonds. The highest BCUT2D eigenvalue weighted by Crippen LogP contribution is 2.37. The predicted molar refractivity (Wildman–Crippen MR) is 89.0 cm³/mol. The predicted octanol–water partition coefficient (Wildman–Crippen LogP) is 4.17. The van der Waals surface area contributed by atoms with E-state index < -0.39 is 29.5 Å². The minimum absolute atomic E-state index is 0.238. The first kappa shape index (κ1) is 17.3. The maximum Gasteiger partial charge on any atom is 0.416 e. The summed E-state index contributed by atoms with van der Waals surface area (Å²) in [6.07, 6.45) is -4.48. The topological polar surface area (TPSA) is 46.9 Å². The first-order valence-electron chi connectivity index (χ1n) is 8.09. The van der Waals surface area contributed by atoms with Gasteiger partial charge in [-0.3, -0.25) is 4.79 Å². The Morgan fingerprint density at radius 2 is 1.81 bits per heavy atom. The van der Waals surface area contributed by atoms with Crippen LogP contribution in [0.15, 0.2) is 48.5 Å². The van der Waals surface area contributed by atoms with E-state index in [1.165, 1.54) is 41.1 Å². The summed E-state index contributed by atoms with van der Waals surface area (Å²) < 4.78 is 53.6. The zero-order valence-corrected chi connectivity index (χ0v) is 14.0. The highest BCUT2D eigenvalue weighted by molar-refractivity contribution is 5.99. The summed E-state index contributed by atoms with van der Waals surface area (Å²) in [5, 5.41) is 7.06. The van der Waals surface area contributed by atoms with Gasteiger partial charge in [-0.25, -0.2) is 9.07 Å². The third kappa shape index (κ3) is 2.87. The lowest BCUT2D eigenvalue weighted by molar-refractivity contribution is -0.137. The summed E-state index contributed by atoms with van der Waals surface area (Å²) in [4.78, 5) is 12.5. The number of hydrogen-bond acceptors (Lipinski definition) is 2. The number of fused-ring (bicyclic) bond motifs is 1. The number of hydrogen-bond donors (Lipinski definition) is 1. The number of nitrogens with one attached hydrogen (secondary N) is 1. The lowest BCUT2D eigenvalue weighted by atomic mass is 9.98. The van der Waals surface area contributed by atoms with Gasteiger partial charge < -0.3 is 5.32 Å². The number of nitrogens with zero attached hydrogens (tertiary/aromatic N) is 2. The van der Waals surface area contributed by atoms with Gasteiger partial charge in [-0.2, -0.15) is 18.3 Å². The summed E-state index contributed by atoms with van der Waals surface area (Å²) in [5.74, 6) is -0.872. The van der Waals surface area contributed by atoms with Crippen LogP contribution in [0.2, 0.25) is 0 Å². The molecule has 0 saturated heterocycles. The smallest absolute Gasteiger partial charge is 0.340 e. The molecule has 1 atom stereocenters. The van der Waals surface area contributed by atoms with Gasteiger partial charge in [0.05, 0.1) is 23.0 Å². The second kappa shape index (κ2) is 5.94. The van der Waals surface area contributed by atoms with Crippen molar-refractivity contribution in [1.82, 2.24) is 15.1 Å². The zero-order chi connectivity index (χ0) is 19.3. The second-order valence-electron chi connectivity index (χ2n) is 6.27. The van der Waals surface area contributed by atoms with Crippen LogP contribution >= 0.6 is 0 Å². The molecule has 4 rings (SSSR count). The van der Waals surface area contributed by atoms with E-state index in [0.29, 0.717) is 22.5 Å². The minimum atomic E-state index is -4.48. The van der Waals surface area contributed by atoms with Gasteiger partial charge in [0.1, 0.15) is 11.5 Å². The number of aryl methyl sites for hydroxylation is 1. The Balaban J connectivity index is 1.82. The average Bonchev–Trinajstić information content (AvgIpc) is 3.14. The van der Waals surface area contributed by atoms with Crippen LogP contribution in [0, 0.1) is 12.7 Å². The van der Waals surface area contributed by atoms with Gasteiger partial charge in [-0.15, -0.1) is 0 Å². The van der Waals surface area contributed by atoms with Crippen molar-refractivity contribution in [3.8, 4) is 5.69 Å². The van der Waals surface area contributed by atoms with Gasteiger partial charge in [-0.05, 0) is 48.9 Å². The summed E-state index contributed by atoms with van der Waals surface area (Å²) >= 11 is 0. The molecule has 1 unspecified atom stereocenters. The fraction of sp³-hybridized carbons (Fsp3) is 0.158. The molecule has 0 spiro atoms. The van der Waals surface area contributed by atoms with Crippen LogP contribution in [-0.4, -0.2) is 15.7 Å². The number of benzene rings is 2. The van der Waals surface area contributed by atoms with Crippen molar-refractivity contribution in [1.29, 1.82) is 0 Å². The van der Waals surface area contributed by atoms with Crippen molar-refractivity contribution in [3.63, 3.8) is 0 Å². The Bertz CT molecular complexity index is 1040. The first-order valence-corrected chi connectivity index (χ1v) is 8.09. The molecule has 138 valence electrons. The number of carbonyl (C=O) groups excluding carboxylic acids is 1. The van der Waals surface area contributed by atoms with Crippen LogP contribution < -0.4 is 5.32 Å². The Labute approximate surface area is 151 Å². The Morgan fingerprint density at radius 1 is 1.11 bits per heavy atom. The van der Waals surface area contributed by atoms with Crippen molar-refractivity contribution in [2.24, 2.45) is 0 Å². The largest absolute Gasteiger partial charge is 0.416 e. The summed E-state index contributed by atoms with van der Waals surface area (Å²) in [6.45, 7) is 1.68. The van der Waals surface area contributed by atoms with Gasteiger partial charge in [0.2, 0.25) is 0 Å². The maximum atomic E-state index is 13.2. The SMILES string of the molecule is Cc1nn(-c2ccc(F)cc2)c2c1C(c1cccc(C(F)(F)F)c1)NC2=O. The van der Waals surface area contributed by atoms with E-state index >= 15 is 0 Å². The second-order valence-corrected chi connectivity index (χ2v) is 6.27. The van der Waals surface area contributed by atoms with Crippen LogP contribution in [0.3, 0.4) is 0 Å². The Hall–Kier alpha value is -3.16. The molecule has 0 radical (unpaired) electrons. The quantitative estimate of drug-likeness (QED) is 0.684. The molecule has 0 aliphatic carbocycles. The lowest BCUT2D eigenvalue weighted by Crippen LogP contribution is -2.23. The molecule has 3 aromatic rings. The van der Waals surface area contributed by atoms with E-state index in [2.05, 4.69) is 10.4 Å². The zero-order valence-electron chi connectivity index (χ0n) is 14.0. The number of aromatic nitrogens is 2. The third-order valence-electron chi connectivity index (χ3n) is 4.50. The monoisotopic (exact) mass is 375 g/mol. The Kier molecular flexibility index (Phi) is 3.80. The molecule has 0 saturated carbocycles. The molecule has 0 fully saturated rings. The lowest BCUT2D eigenvalue weighted by Gasteiger charge is -2.14. The molecule has 1 aliphatic heterocycles. The molecular formula is C19H13F4N3O. The van der Waals surface area contributed by atoms with E-state index in [1.807, 2.05) is 0 Å². The molecule has 1 aliphatic rings. The highest BCUT2D eigenvalue weighted by Gasteiger charge is 2.38. The van der Waals surface area contributed by atoms with Crippen molar-refractivity contribution >= 4 is 5.91 Å². The molecular weight excluding hydrogens is 362 g/mol. The molecule has 4 nitrogen and oxygen atoms in total. The molecule has 1 N–H and O–H groups in total. The van der Waals surface area contributed by atoms with E-state index in [1.54, 1.807) is 6.92 Å². The van der Waals surface area contributed by atoms with Gasteiger partial charge in [0.15, 0.2) is 0 Å². The number of alkyl halides is 3. The van der Waals surface area contributed by atoms with Gasteiger partial charge in [0, 0.05) is 5.56 Å². The fourth-order valence-corrected chi connectivity index (χ4v) is 3.29. The van der Waals surface area contributed by atoms with Gasteiger partial charge in [0.25, 0.3) is 5.91 Å². The van der Waals surface area contributed by atoms with Crippen LogP contribution in [0.25, 0.3) is 5.69 Å². The van der Waals surface area contributed by atoms with Crippen LogP contribution in [-0.2, 0) is 6.18 Å². The van der Waals surface area contributed by atoms with Crippen molar-refractivity contribution in [2.45, 2.75) is 19.1 Å². The van der Waals surface area contributed by atoms with Crippen LogP contribution in [0.1, 0.15) is 38.9 Å². The van der Waals surface area contributed by atoms with Crippen molar-refractivity contribution in [2.75, 3.05) is 0 Å². The van der Waals surface area contributed by atoms with E-state index in [4.69, 9.17) is 0 Å². The van der Waals surface area contributed by atoms with Crippen LogP contribution in [0.5, 0.6) is 0 Å². The van der Waals surface area contributed by atoms with Gasteiger partial charge >= 0.3 is 6.18 Å². The van der Waals surface area contributed by atoms with E-state index in [-0.39, 0.29) is 5.69 Å². The van der Waals surface area contributed by atoms with Crippen molar-refractivity contribution in [3.05, 3.63) is 82.4 Å². The number of amides is 1. The normalized spacial score (nSPS) is 16.3. The number of carbonyl (C=O) groups is 1. The maximum absolute atomic E-state index is 13.2. The van der Waals surface area contributed by atoms with Gasteiger partial charge in [-0.1, -0.05) is 12.1 Å². The fourth-order valence-electron chi connectivity index (χ4n) is 3.29. The third-order valence-corrected chi connectivity index (χ3v) is 4.50. The molecule has 0 bridgehead atoms. The summed E-state index contributed by atoms with van der Waals surface area (Å²) in [6, 6.07) is 9.56. The molecule has 2 heterocycles. The van der Waals surface area contributed by atoms with E-state index in [0.717, 1.165) is 12.1 Å². The molecule has 27 heavy (non-hydrogen) atoms. The standard InChI is InChI=1S/C19H13F4N3O/c1-10-15-16(11-3-2-4-12(9-11)19(21,22)23)24-18(27)17(15)26(25-10)14-7-5-13(20)6-8-14/h2-9,16H,1H3,(H,24,27). The first-order chi connectivity index (χ1) is 12.8.